The maximum atomic E-state index is 11.8. The van der Waals surface area contributed by atoms with Gasteiger partial charge >= 0.3 is 0 Å². The summed E-state index contributed by atoms with van der Waals surface area (Å²) in [7, 11) is 0. The Kier molecular flexibility index (Phi) is 4.05. The van der Waals surface area contributed by atoms with Crippen molar-refractivity contribution in [2.45, 2.75) is 26.4 Å². The van der Waals surface area contributed by atoms with Crippen LogP contribution in [0.5, 0.6) is 0 Å². The molecule has 0 aliphatic rings. The van der Waals surface area contributed by atoms with Gasteiger partial charge in [0, 0.05) is 16.5 Å². The van der Waals surface area contributed by atoms with Gasteiger partial charge in [0.25, 0.3) is 5.91 Å². The Labute approximate surface area is 113 Å². The van der Waals surface area contributed by atoms with E-state index in [9.17, 15) is 4.79 Å². The highest BCUT2D eigenvalue weighted by Gasteiger charge is 2.12. The number of carbonyl (C=O) groups is 1. The Balaban J connectivity index is 1.95. The van der Waals surface area contributed by atoms with Crippen molar-refractivity contribution in [2.75, 3.05) is 0 Å². The first kappa shape index (κ1) is 13.1. The molecule has 0 radical (unpaired) electrons. The summed E-state index contributed by atoms with van der Waals surface area (Å²) >= 11 is 2.97. The molecule has 0 saturated carbocycles. The van der Waals surface area contributed by atoms with Crippen molar-refractivity contribution in [1.29, 1.82) is 0 Å². The van der Waals surface area contributed by atoms with E-state index in [1.807, 2.05) is 13.8 Å². The lowest BCUT2D eigenvalue weighted by Gasteiger charge is -2.00. The summed E-state index contributed by atoms with van der Waals surface area (Å²) in [6.45, 7) is 4.26. The van der Waals surface area contributed by atoms with Gasteiger partial charge < -0.3 is 11.1 Å². The Morgan fingerprint density at radius 1 is 1.61 bits per heavy atom. The fourth-order valence-corrected chi connectivity index (χ4v) is 2.82. The predicted molar refractivity (Wildman–Crippen MR) is 72.7 cm³/mol. The lowest BCUT2D eigenvalue weighted by Crippen LogP contribution is -2.23. The van der Waals surface area contributed by atoms with Gasteiger partial charge in [0.2, 0.25) is 0 Å². The van der Waals surface area contributed by atoms with Gasteiger partial charge in [-0.15, -0.1) is 22.7 Å². The number of amides is 1. The maximum absolute atomic E-state index is 11.8. The molecule has 0 aliphatic carbocycles. The van der Waals surface area contributed by atoms with Gasteiger partial charge in [-0.05, 0) is 13.8 Å². The summed E-state index contributed by atoms with van der Waals surface area (Å²) < 4.78 is 0. The number of aryl methyl sites for hydroxylation is 1. The highest BCUT2D eigenvalue weighted by molar-refractivity contribution is 7.11. The first-order valence-corrected chi connectivity index (χ1v) is 7.16. The molecule has 2 aromatic heterocycles. The SMILES string of the molecule is Cc1cnc(CNC(=O)c2csc(C(C)N)n2)s1. The predicted octanol–water partition coefficient (Wildman–Crippen LogP) is 1.86. The van der Waals surface area contributed by atoms with E-state index < -0.39 is 0 Å². The average molecular weight is 282 g/mol. The molecule has 3 N–H and O–H groups in total. The molecule has 2 aromatic rings. The van der Waals surface area contributed by atoms with E-state index in [2.05, 4.69) is 15.3 Å². The number of rotatable bonds is 4. The van der Waals surface area contributed by atoms with Crippen molar-refractivity contribution in [1.82, 2.24) is 15.3 Å². The summed E-state index contributed by atoms with van der Waals surface area (Å²) in [5.74, 6) is -0.189. The van der Waals surface area contributed by atoms with Crippen LogP contribution in [0.1, 0.15) is 38.3 Å². The minimum absolute atomic E-state index is 0.141. The van der Waals surface area contributed by atoms with Crippen LogP contribution < -0.4 is 11.1 Å². The normalized spacial score (nSPS) is 12.4. The van der Waals surface area contributed by atoms with Gasteiger partial charge in [-0.3, -0.25) is 4.79 Å². The van der Waals surface area contributed by atoms with E-state index in [0.717, 1.165) is 14.9 Å². The third-order valence-electron chi connectivity index (χ3n) is 2.21. The molecule has 5 nitrogen and oxygen atoms in total. The molecule has 0 bridgehead atoms. The van der Waals surface area contributed by atoms with Gasteiger partial charge in [-0.25, -0.2) is 9.97 Å². The molecular formula is C11H14N4OS2. The van der Waals surface area contributed by atoms with Crippen LogP contribution in [0.25, 0.3) is 0 Å². The molecular weight excluding hydrogens is 268 g/mol. The van der Waals surface area contributed by atoms with E-state index in [1.165, 1.54) is 11.3 Å². The number of carbonyl (C=O) groups excluding carboxylic acids is 1. The first-order valence-electron chi connectivity index (χ1n) is 5.47. The molecule has 0 fully saturated rings. The van der Waals surface area contributed by atoms with Crippen LogP contribution in [0.15, 0.2) is 11.6 Å². The molecule has 0 spiro atoms. The second-order valence-corrected chi connectivity index (χ2v) is 6.12. The monoisotopic (exact) mass is 282 g/mol. The summed E-state index contributed by atoms with van der Waals surface area (Å²) in [5, 5.41) is 6.18. The zero-order chi connectivity index (χ0) is 13.1. The Hall–Kier alpha value is -1.31. The lowest BCUT2D eigenvalue weighted by molar-refractivity contribution is 0.0946. The maximum Gasteiger partial charge on any atom is 0.271 e. The molecule has 2 rings (SSSR count). The van der Waals surface area contributed by atoms with E-state index in [1.54, 1.807) is 22.9 Å². The quantitative estimate of drug-likeness (QED) is 0.897. The Morgan fingerprint density at radius 2 is 2.39 bits per heavy atom. The molecule has 1 unspecified atom stereocenters. The van der Waals surface area contributed by atoms with Gasteiger partial charge in [0.1, 0.15) is 15.7 Å². The lowest BCUT2D eigenvalue weighted by atomic mass is 10.4. The zero-order valence-electron chi connectivity index (χ0n) is 10.1. The summed E-state index contributed by atoms with van der Waals surface area (Å²) in [5.41, 5.74) is 6.12. The van der Waals surface area contributed by atoms with Gasteiger partial charge in [-0.2, -0.15) is 0 Å². The molecule has 1 amide bonds. The van der Waals surface area contributed by atoms with Crippen molar-refractivity contribution in [3.63, 3.8) is 0 Å². The number of hydrogen-bond donors (Lipinski definition) is 2. The topological polar surface area (TPSA) is 80.9 Å². The first-order chi connectivity index (χ1) is 8.56. The molecule has 7 heteroatoms. The molecule has 2 heterocycles. The van der Waals surface area contributed by atoms with Crippen molar-refractivity contribution >= 4 is 28.6 Å². The van der Waals surface area contributed by atoms with Crippen LogP contribution >= 0.6 is 22.7 Å². The van der Waals surface area contributed by atoms with E-state index >= 15 is 0 Å². The smallest absolute Gasteiger partial charge is 0.271 e. The van der Waals surface area contributed by atoms with E-state index in [0.29, 0.717) is 12.2 Å². The van der Waals surface area contributed by atoms with Crippen molar-refractivity contribution < 1.29 is 4.79 Å². The third kappa shape index (κ3) is 3.12. The van der Waals surface area contributed by atoms with Crippen LogP contribution in [0.4, 0.5) is 0 Å². The number of hydrogen-bond acceptors (Lipinski definition) is 6. The largest absolute Gasteiger partial charge is 0.344 e. The number of nitrogens with two attached hydrogens (primary N) is 1. The molecule has 0 aliphatic heterocycles. The van der Waals surface area contributed by atoms with Crippen molar-refractivity contribution in [3.05, 3.63) is 32.2 Å². The highest BCUT2D eigenvalue weighted by atomic mass is 32.1. The number of nitrogens with one attached hydrogen (secondary N) is 1. The fraction of sp³-hybridized carbons (Fsp3) is 0.364. The van der Waals surface area contributed by atoms with Crippen molar-refractivity contribution in [3.8, 4) is 0 Å². The number of aromatic nitrogens is 2. The molecule has 0 aromatic carbocycles. The molecule has 0 saturated heterocycles. The summed E-state index contributed by atoms with van der Waals surface area (Å²) in [6.07, 6.45) is 1.79. The van der Waals surface area contributed by atoms with Crippen LogP contribution in [0.2, 0.25) is 0 Å². The minimum Gasteiger partial charge on any atom is -0.344 e. The third-order valence-corrected chi connectivity index (χ3v) is 4.17. The number of thiazole rings is 2. The van der Waals surface area contributed by atoms with Gasteiger partial charge in [0.15, 0.2) is 0 Å². The van der Waals surface area contributed by atoms with E-state index in [4.69, 9.17) is 5.73 Å². The van der Waals surface area contributed by atoms with Crippen molar-refractivity contribution in [2.24, 2.45) is 5.73 Å². The zero-order valence-corrected chi connectivity index (χ0v) is 11.8. The fourth-order valence-electron chi connectivity index (χ4n) is 1.33. The average Bonchev–Trinajstić information content (AvgIpc) is 2.94. The van der Waals surface area contributed by atoms with Crippen LogP contribution in [-0.4, -0.2) is 15.9 Å². The van der Waals surface area contributed by atoms with Crippen LogP contribution in [-0.2, 0) is 6.54 Å². The Bertz CT molecular complexity index is 547. The highest BCUT2D eigenvalue weighted by Crippen LogP contribution is 2.16. The minimum atomic E-state index is -0.189. The number of nitrogens with zero attached hydrogens (tertiary/aromatic N) is 2. The van der Waals surface area contributed by atoms with Crippen LogP contribution in [0, 0.1) is 6.92 Å². The standard InChI is InChI=1S/C11H14N4OS2/c1-6-3-13-9(18-6)4-14-10(16)8-5-17-11(15-8)7(2)12/h3,5,7H,4,12H2,1-2H3,(H,14,16). The van der Waals surface area contributed by atoms with Gasteiger partial charge in [0.05, 0.1) is 12.6 Å². The Morgan fingerprint density at radius 3 is 2.94 bits per heavy atom. The van der Waals surface area contributed by atoms with Crippen LogP contribution in [0.3, 0.4) is 0 Å². The summed E-state index contributed by atoms with van der Waals surface area (Å²) in [6, 6.07) is -0.141. The van der Waals surface area contributed by atoms with E-state index in [-0.39, 0.29) is 11.9 Å². The summed E-state index contributed by atoms with van der Waals surface area (Å²) in [4.78, 5) is 21.3. The second-order valence-electron chi connectivity index (χ2n) is 3.91. The molecule has 1 atom stereocenters. The second kappa shape index (κ2) is 5.55. The van der Waals surface area contributed by atoms with Gasteiger partial charge in [-0.1, -0.05) is 0 Å². The molecule has 18 heavy (non-hydrogen) atoms. The molecule has 96 valence electrons.